The lowest BCUT2D eigenvalue weighted by Gasteiger charge is -2.32. The molecule has 4 heterocycles. The van der Waals surface area contributed by atoms with E-state index in [4.69, 9.17) is 0 Å². The van der Waals surface area contributed by atoms with Crippen LogP contribution in [0, 0.1) is 5.92 Å². The van der Waals surface area contributed by atoms with Gasteiger partial charge in [-0.15, -0.1) is 21.5 Å². The van der Waals surface area contributed by atoms with Crippen molar-refractivity contribution in [3.05, 3.63) is 33.0 Å². The maximum atomic E-state index is 13.1. The molecule has 1 saturated heterocycles. The van der Waals surface area contributed by atoms with Crippen molar-refractivity contribution in [2.45, 2.75) is 58.0 Å². The number of thiophene rings is 1. The third-order valence-electron chi connectivity index (χ3n) is 6.43. The Labute approximate surface area is 164 Å². The number of piperidine rings is 1. The fraction of sp³-hybridized carbons (Fsp3) is 0.650. The van der Waals surface area contributed by atoms with Crippen LogP contribution in [0.2, 0.25) is 0 Å². The fourth-order valence-corrected chi connectivity index (χ4v) is 6.02. The Morgan fingerprint density at radius 3 is 2.93 bits per heavy atom. The van der Waals surface area contributed by atoms with Crippen LogP contribution in [0.4, 0.5) is 0 Å². The molecule has 1 unspecified atom stereocenters. The molecule has 2 aromatic rings. The third kappa shape index (κ3) is 3.10. The molecule has 144 valence electrons. The first-order chi connectivity index (χ1) is 13.2. The van der Waals surface area contributed by atoms with Gasteiger partial charge in [-0.3, -0.25) is 4.79 Å². The van der Waals surface area contributed by atoms with Gasteiger partial charge in [-0.1, -0.05) is 6.92 Å². The first-order valence-corrected chi connectivity index (χ1v) is 11.1. The predicted octanol–water partition coefficient (Wildman–Crippen LogP) is 2.59. The van der Waals surface area contributed by atoms with Crippen molar-refractivity contribution in [3.8, 4) is 0 Å². The number of hydrogen-bond donors (Lipinski definition) is 1. The van der Waals surface area contributed by atoms with Crippen LogP contribution < -0.4 is 5.32 Å². The van der Waals surface area contributed by atoms with E-state index in [9.17, 15) is 4.79 Å². The van der Waals surface area contributed by atoms with Gasteiger partial charge in [0.1, 0.15) is 11.6 Å². The lowest BCUT2D eigenvalue weighted by Crippen LogP contribution is -2.39. The van der Waals surface area contributed by atoms with Gasteiger partial charge in [0, 0.05) is 42.4 Å². The highest BCUT2D eigenvalue weighted by Gasteiger charge is 2.31. The van der Waals surface area contributed by atoms with Gasteiger partial charge in [0.15, 0.2) is 0 Å². The molecule has 5 rings (SSSR count). The third-order valence-corrected chi connectivity index (χ3v) is 7.48. The first kappa shape index (κ1) is 17.4. The Morgan fingerprint density at radius 1 is 1.22 bits per heavy atom. The number of nitrogens with zero attached hydrogens (tertiary/aromatic N) is 4. The minimum absolute atomic E-state index is 0.243. The molecule has 3 aliphatic rings. The Kier molecular flexibility index (Phi) is 4.52. The summed E-state index contributed by atoms with van der Waals surface area (Å²) in [5, 5.41) is 14.3. The molecule has 0 radical (unpaired) electrons. The average molecular weight is 386 g/mol. The van der Waals surface area contributed by atoms with Crippen molar-refractivity contribution in [1.82, 2.24) is 25.0 Å². The second-order valence-electron chi connectivity index (χ2n) is 8.27. The quantitative estimate of drug-likeness (QED) is 0.863. The molecule has 1 amide bonds. The molecule has 1 aliphatic carbocycles. The molecule has 2 aromatic heterocycles. The molecule has 2 aliphatic heterocycles. The molecule has 7 heteroatoms. The first-order valence-electron chi connectivity index (χ1n) is 10.2. The van der Waals surface area contributed by atoms with Crippen LogP contribution in [0.5, 0.6) is 0 Å². The van der Waals surface area contributed by atoms with Crippen molar-refractivity contribution < 1.29 is 4.79 Å². The van der Waals surface area contributed by atoms with E-state index in [1.54, 1.807) is 11.3 Å². The van der Waals surface area contributed by atoms with Gasteiger partial charge in [-0.2, -0.15) is 0 Å². The van der Waals surface area contributed by atoms with Crippen LogP contribution in [0.15, 0.2) is 5.38 Å². The van der Waals surface area contributed by atoms with Gasteiger partial charge in [-0.05, 0) is 43.6 Å². The Morgan fingerprint density at radius 2 is 2.07 bits per heavy atom. The molecule has 0 aromatic carbocycles. The zero-order valence-corrected chi connectivity index (χ0v) is 16.7. The van der Waals surface area contributed by atoms with Crippen LogP contribution in [-0.2, 0) is 25.9 Å². The predicted molar refractivity (Wildman–Crippen MR) is 105 cm³/mol. The summed E-state index contributed by atoms with van der Waals surface area (Å²) in [5.41, 5.74) is 2.32. The number of hydrogen-bond acceptors (Lipinski definition) is 5. The van der Waals surface area contributed by atoms with Crippen molar-refractivity contribution in [2.24, 2.45) is 5.92 Å². The number of nitrogens with one attached hydrogen (secondary N) is 1. The van der Waals surface area contributed by atoms with Crippen LogP contribution in [0.1, 0.15) is 64.6 Å². The van der Waals surface area contributed by atoms with Crippen molar-refractivity contribution >= 4 is 17.2 Å². The van der Waals surface area contributed by atoms with E-state index in [0.717, 1.165) is 81.5 Å². The molecule has 27 heavy (non-hydrogen) atoms. The summed E-state index contributed by atoms with van der Waals surface area (Å²) in [6.07, 6.45) is 5.39. The van der Waals surface area contributed by atoms with Crippen LogP contribution >= 0.6 is 11.3 Å². The highest BCUT2D eigenvalue weighted by molar-refractivity contribution is 7.10. The Bertz CT molecular complexity index is 849. The standard InChI is InChI=1S/C20H27N5OS/c1-13-2-3-15-16(12-27-17(15)10-13)20(26)24-7-4-14(5-8-24)19-23-22-18-11-21-6-9-25(18)19/h12-14,21H,2-11H2,1H3. The van der Waals surface area contributed by atoms with E-state index in [-0.39, 0.29) is 5.91 Å². The fourth-order valence-electron chi connectivity index (χ4n) is 4.78. The zero-order chi connectivity index (χ0) is 18.4. The number of aromatic nitrogens is 3. The lowest BCUT2D eigenvalue weighted by atomic mass is 9.88. The maximum Gasteiger partial charge on any atom is 0.254 e. The summed E-state index contributed by atoms with van der Waals surface area (Å²) in [6.45, 7) is 6.71. The lowest BCUT2D eigenvalue weighted by molar-refractivity contribution is 0.0709. The number of carbonyl (C=O) groups excluding carboxylic acids is 1. The van der Waals surface area contributed by atoms with Crippen LogP contribution in [-0.4, -0.2) is 45.2 Å². The number of rotatable bonds is 2. The summed E-state index contributed by atoms with van der Waals surface area (Å²) in [6, 6.07) is 0. The molecule has 0 bridgehead atoms. The molecule has 0 spiro atoms. The second kappa shape index (κ2) is 7.02. The van der Waals surface area contributed by atoms with Crippen molar-refractivity contribution in [1.29, 1.82) is 0 Å². The van der Waals surface area contributed by atoms with Gasteiger partial charge in [0.25, 0.3) is 5.91 Å². The summed E-state index contributed by atoms with van der Waals surface area (Å²) < 4.78 is 2.29. The summed E-state index contributed by atoms with van der Waals surface area (Å²) in [4.78, 5) is 16.6. The van der Waals surface area contributed by atoms with E-state index >= 15 is 0 Å². The van der Waals surface area contributed by atoms with Crippen LogP contribution in [0.25, 0.3) is 0 Å². The monoisotopic (exact) mass is 385 g/mol. The minimum Gasteiger partial charge on any atom is -0.339 e. The SMILES string of the molecule is CC1CCc2c(C(=O)N3CCC(c4nnc5n4CCNC5)CC3)csc2C1. The Balaban J connectivity index is 1.27. The summed E-state index contributed by atoms with van der Waals surface area (Å²) in [7, 11) is 0. The van der Waals surface area contributed by atoms with Gasteiger partial charge in [0.05, 0.1) is 12.1 Å². The van der Waals surface area contributed by atoms with Gasteiger partial charge in [0.2, 0.25) is 0 Å². The largest absolute Gasteiger partial charge is 0.339 e. The highest BCUT2D eigenvalue weighted by atomic mass is 32.1. The molecule has 6 nitrogen and oxygen atoms in total. The molecule has 1 atom stereocenters. The van der Waals surface area contributed by atoms with Gasteiger partial charge < -0.3 is 14.8 Å². The van der Waals surface area contributed by atoms with Crippen LogP contribution in [0.3, 0.4) is 0 Å². The minimum atomic E-state index is 0.243. The van der Waals surface area contributed by atoms with Gasteiger partial charge >= 0.3 is 0 Å². The Hall–Kier alpha value is -1.73. The van der Waals surface area contributed by atoms with E-state index in [0.29, 0.717) is 5.92 Å². The normalized spacial score (nSPS) is 23.1. The molecule has 1 fully saturated rings. The smallest absolute Gasteiger partial charge is 0.254 e. The average Bonchev–Trinajstić information content (AvgIpc) is 3.31. The number of fused-ring (bicyclic) bond motifs is 2. The molecular weight excluding hydrogens is 358 g/mol. The molecular formula is C20H27N5OS. The van der Waals surface area contributed by atoms with Crippen molar-refractivity contribution in [3.63, 3.8) is 0 Å². The maximum absolute atomic E-state index is 13.1. The topological polar surface area (TPSA) is 63.1 Å². The van der Waals surface area contributed by atoms with E-state index in [2.05, 4.69) is 37.3 Å². The number of likely N-dealkylation sites (tertiary alicyclic amines) is 1. The summed E-state index contributed by atoms with van der Waals surface area (Å²) >= 11 is 1.79. The number of carbonyl (C=O) groups is 1. The van der Waals surface area contributed by atoms with Gasteiger partial charge in [-0.25, -0.2) is 0 Å². The second-order valence-corrected chi connectivity index (χ2v) is 9.23. The van der Waals surface area contributed by atoms with E-state index < -0.39 is 0 Å². The van der Waals surface area contributed by atoms with Crippen molar-refractivity contribution in [2.75, 3.05) is 19.6 Å². The highest BCUT2D eigenvalue weighted by Crippen LogP contribution is 2.35. The zero-order valence-electron chi connectivity index (χ0n) is 15.9. The molecule has 1 N–H and O–H groups in total. The molecule has 0 saturated carbocycles. The number of amides is 1. The van der Waals surface area contributed by atoms with E-state index in [1.165, 1.54) is 16.9 Å². The van der Waals surface area contributed by atoms with E-state index in [1.807, 2.05) is 0 Å². The summed E-state index contributed by atoms with van der Waals surface area (Å²) in [5.74, 6) is 3.59.